The van der Waals surface area contributed by atoms with E-state index in [1.165, 1.54) is 17.5 Å². The number of nitrogen functional groups attached to an aromatic ring is 1. The highest BCUT2D eigenvalue weighted by Crippen LogP contribution is 2.27. The highest BCUT2D eigenvalue weighted by atomic mass is 16.2. The third kappa shape index (κ3) is 1.95. The Hall–Kier alpha value is -1.52. The van der Waals surface area contributed by atoms with Gasteiger partial charge in [0.15, 0.2) is 0 Å². The van der Waals surface area contributed by atoms with E-state index in [1.807, 2.05) is 0 Å². The van der Waals surface area contributed by atoms with Gasteiger partial charge in [-0.25, -0.2) is 0 Å². The van der Waals surface area contributed by atoms with Crippen molar-refractivity contribution in [2.24, 2.45) is 13.0 Å². The predicted molar refractivity (Wildman–Crippen MR) is 57.4 cm³/mol. The van der Waals surface area contributed by atoms with Crippen LogP contribution in [-0.4, -0.2) is 22.2 Å². The van der Waals surface area contributed by atoms with Crippen molar-refractivity contribution in [3.05, 3.63) is 11.4 Å². The molecule has 0 saturated heterocycles. The van der Waals surface area contributed by atoms with Gasteiger partial charge < -0.3 is 11.1 Å². The standard InChI is InChI=1S/C10H16N4O/c1-6-8(11)9(14(2)13-6)10(15)12-5-7-3-4-7/h7H,3-5,11H2,1-2H3,(H,12,15). The number of nitrogens with two attached hydrogens (primary N) is 1. The minimum absolute atomic E-state index is 0.123. The molecule has 15 heavy (non-hydrogen) atoms. The van der Waals surface area contributed by atoms with E-state index in [0.717, 1.165) is 6.54 Å². The van der Waals surface area contributed by atoms with Crippen LogP contribution in [0.1, 0.15) is 29.0 Å². The maximum atomic E-state index is 11.8. The fraction of sp³-hybridized carbons (Fsp3) is 0.600. The summed E-state index contributed by atoms with van der Waals surface area (Å²) in [5.41, 5.74) is 7.43. The van der Waals surface area contributed by atoms with Gasteiger partial charge in [0.05, 0.1) is 11.4 Å². The third-order valence-electron chi connectivity index (χ3n) is 2.73. The van der Waals surface area contributed by atoms with E-state index < -0.39 is 0 Å². The number of rotatable bonds is 3. The topological polar surface area (TPSA) is 72.9 Å². The number of aryl methyl sites for hydroxylation is 2. The van der Waals surface area contributed by atoms with Gasteiger partial charge in [0.1, 0.15) is 5.69 Å². The summed E-state index contributed by atoms with van der Waals surface area (Å²) >= 11 is 0. The van der Waals surface area contributed by atoms with E-state index >= 15 is 0 Å². The molecule has 0 aromatic carbocycles. The average molecular weight is 208 g/mol. The van der Waals surface area contributed by atoms with Crippen LogP contribution < -0.4 is 11.1 Å². The van der Waals surface area contributed by atoms with Gasteiger partial charge in [0.25, 0.3) is 5.91 Å². The number of aromatic nitrogens is 2. The third-order valence-corrected chi connectivity index (χ3v) is 2.73. The van der Waals surface area contributed by atoms with Gasteiger partial charge in [-0.15, -0.1) is 0 Å². The van der Waals surface area contributed by atoms with E-state index in [2.05, 4.69) is 10.4 Å². The zero-order valence-corrected chi connectivity index (χ0v) is 9.08. The van der Waals surface area contributed by atoms with E-state index in [0.29, 0.717) is 23.0 Å². The summed E-state index contributed by atoms with van der Waals surface area (Å²) in [7, 11) is 1.73. The molecule has 1 fully saturated rings. The molecule has 1 amide bonds. The number of carbonyl (C=O) groups is 1. The number of nitrogens with one attached hydrogen (secondary N) is 1. The van der Waals surface area contributed by atoms with Gasteiger partial charge in [0.2, 0.25) is 0 Å². The van der Waals surface area contributed by atoms with Crippen LogP contribution in [0.25, 0.3) is 0 Å². The maximum Gasteiger partial charge on any atom is 0.271 e. The summed E-state index contributed by atoms with van der Waals surface area (Å²) in [6.07, 6.45) is 2.44. The van der Waals surface area contributed by atoms with Gasteiger partial charge in [-0.2, -0.15) is 5.10 Å². The Balaban J connectivity index is 2.09. The van der Waals surface area contributed by atoms with Crippen LogP contribution in [0.2, 0.25) is 0 Å². The molecule has 5 heteroatoms. The van der Waals surface area contributed by atoms with Crippen molar-refractivity contribution in [1.29, 1.82) is 0 Å². The van der Waals surface area contributed by atoms with E-state index in [1.54, 1.807) is 14.0 Å². The Morgan fingerprint density at radius 3 is 2.80 bits per heavy atom. The molecule has 1 saturated carbocycles. The number of hydrogen-bond donors (Lipinski definition) is 2. The Kier molecular flexibility index (Phi) is 2.38. The molecule has 2 rings (SSSR count). The number of amides is 1. The summed E-state index contributed by atoms with van der Waals surface area (Å²) in [5, 5.41) is 6.98. The summed E-state index contributed by atoms with van der Waals surface area (Å²) in [5.74, 6) is 0.548. The lowest BCUT2D eigenvalue weighted by atomic mass is 10.3. The van der Waals surface area contributed by atoms with E-state index in [4.69, 9.17) is 5.73 Å². The van der Waals surface area contributed by atoms with Crippen LogP contribution in [0.4, 0.5) is 5.69 Å². The second-order valence-electron chi connectivity index (χ2n) is 4.12. The zero-order valence-electron chi connectivity index (χ0n) is 9.08. The van der Waals surface area contributed by atoms with Crippen LogP contribution in [0.3, 0.4) is 0 Å². The monoisotopic (exact) mass is 208 g/mol. The molecule has 0 spiro atoms. The molecule has 1 aliphatic rings. The summed E-state index contributed by atoms with van der Waals surface area (Å²) in [6, 6.07) is 0. The van der Waals surface area contributed by atoms with Crippen molar-refractivity contribution in [3.8, 4) is 0 Å². The minimum Gasteiger partial charge on any atom is -0.395 e. The first-order valence-electron chi connectivity index (χ1n) is 5.17. The normalized spacial score (nSPS) is 15.3. The molecule has 5 nitrogen and oxygen atoms in total. The summed E-state index contributed by atoms with van der Waals surface area (Å²) in [6.45, 7) is 2.55. The lowest BCUT2D eigenvalue weighted by Gasteiger charge is -2.04. The lowest BCUT2D eigenvalue weighted by molar-refractivity contribution is 0.0943. The molecule has 0 bridgehead atoms. The highest BCUT2D eigenvalue weighted by Gasteiger charge is 2.24. The first-order valence-corrected chi connectivity index (χ1v) is 5.17. The van der Waals surface area contributed by atoms with Gasteiger partial charge in [0, 0.05) is 13.6 Å². The zero-order chi connectivity index (χ0) is 11.0. The van der Waals surface area contributed by atoms with Gasteiger partial charge >= 0.3 is 0 Å². The Morgan fingerprint density at radius 1 is 1.67 bits per heavy atom. The van der Waals surface area contributed by atoms with Crippen molar-refractivity contribution in [3.63, 3.8) is 0 Å². The fourth-order valence-electron chi connectivity index (χ4n) is 1.59. The number of hydrogen-bond acceptors (Lipinski definition) is 3. The van der Waals surface area contributed by atoms with Crippen molar-refractivity contribution < 1.29 is 4.79 Å². The smallest absolute Gasteiger partial charge is 0.271 e. The SMILES string of the molecule is Cc1nn(C)c(C(=O)NCC2CC2)c1N. The predicted octanol–water partition coefficient (Wildman–Crippen LogP) is 0.451. The first-order chi connectivity index (χ1) is 7.09. The molecule has 82 valence electrons. The molecule has 1 heterocycles. The molecule has 3 N–H and O–H groups in total. The number of anilines is 1. The van der Waals surface area contributed by atoms with Crippen LogP contribution in [0, 0.1) is 12.8 Å². The van der Waals surface area contributed by atoms with Crippen LogP contribution in [-0.2, 0) is 7.05 Å². The molecule has 0 unspecified atom stereocenters. The summed E-state index contributed by atoms with van der Waals surface area (Å²) in [4.78, 5) is 11.8. The van der Waals surface area contributed by atoms with Crippen molar-refractivity contribution in [2.75, 3.05) is 12.3 Å². The van der Waals surface area contributed by atoms with Crippen molar-refractivity contribution >= 4 is 11.6 Å². The Labute approximate surface area is 88.6 Å². The Bertz CT molecular complexity index is 392. The molecule has 1 aromatic heterocycles. The van der Waals surface area contributed by atoms with Crippen LogP contribution >= 0.6 is 0 Å². The number of nitrogens with zero attached hydrogens (tertiary/aromatic N) is 2. The largest absolute Gasteiger partial charge is 0.395 e. The lowest BCUT2D eigenvalue weighted by Crippen LogP contribution is -2.28. The first kappa shape index (κ1) is 10.0. The van der Waals surface area contributed by atoms with Crippen molar-refractivity contribution in [1.82, 2.24) is 15.1 Å². The highest BCUT2D eigenvalue weighted by molar-refractivity contribution is 5.97. The number of carbonyl (C=O) groups excluding carboxylic acids is 1. The maximum absolute atomic E-state index is 11.8. The van der Waals surface area contributed by atoms with Crippen LogP contribution in [0.5, 0.6) is 0 Å². The van der Waals surface area contributed by atoms with Crippen LogP contribution in [0.15, 0.2) is 0 Å². The molecular weight excluding hydrogens is 192 g/mol. The molecule has 0 aliphatic heterocycles. The van der Waals surface area contributed by atoms with Gasteiger partial charge in [-0.3, -0.25) is 9.48 Å². The second kappa shape index (κ2) is 3.56. The molecule has 0 atom stereocenters. The molecule has 1 aliphatic carbocycles. The average Bonchev–Trinajstić information content (AvgIpc) is 2.94. The van der Waals surface area contributed by atoms with Crippen molar-refractivity contribution in [2.45, 2.75) is 19.8 Å². The van der Waals surface area contributed by atoms with Gasteiger partial charge in [-0.05, 0) is 25.7 Å². The molecular formula is C10H16N4O. The minimum atomic E-state index is -0.123. The Morgan fingerprint density at radius 2 is 2.33 bits per heavy atom. The second-order valence-corrected chi connectivity index (χ2v) is 4.12. The quantitative estimate of drug-likeness (QED) is 0.757. The molecule has 1 aromatic rings. The van der Waals surface area contributed by atoms with E-state index in [-0.39, 0.29) is 5.91 Å². The molecule has 0 radical (unpaired) electrons. The van der Waals surface area contributed by atoms with Gasteiger partial charge in [-0.1, -0.05) is 0 Å². The van der Waals surface area contributed by atoms with E-state index in [9.17, 15) is 4.79 Å². The summed E-state index contributed by atoms with van der Waals surface area (Å²) < 4.78 is 1.53. The fourth-order valence-corrected chi connectivity index (χ4v) is 1.59.